The summed E-state index contributed by atoms with van der Waals surface area (Å²) in [6, 6.07) is 0. The van der Waals surface area contributed by atoms with Crippen molar-refractivity contribution < 1.29 is 4.48 Å². The number of quaternary nitrogens is 1. The fraction of sp³-hybridized carbons (Fsp3) is 1.00. The summed E-state index contributed by atoms with van der Waals surface area (Å²) in [7, 11) is 0. The minimum Gasteiger partial charge on any atom is -0.324 e. The quantitative estimate of drug-likeness (QED) is 0.134. The molecule has 0 atom stereocenters. The average Bonchev–Trinajstić information content (AvgIpc) is 3.17. The molecule has 168 valence electrons. The molecule has 1 aliphatic rings. The van der Waals surface area contributed by atoms with Crippen molar-refractivity contribution in [3.8, 4) is 0 Å². The molecule has 0 saturated carbocycles. The maximum Gasteiger partial charge on any atom is 0.0788 e. The molecule has 1 aliphatic heterocycles. The van der Waals surface area contributed by atoms with Crippen molar-refractivity contribution in [3.63, 3.8) is 0 Å². The maximum absolute atomic E-state index is 2.32. The Labute approximate surface area is 179 Å². The predicted octanol–water partition coefficient (Wildman–Crippen LogP) is 9.05. The van der Waals surface area contributed by atoms with Crippen molar-refractivity contribution in [2.45, 2.75) is 149 Å². The van der Waals surface area contributed by atoms with Crippen LogP contribution in [0.2, 0.25) is 0 Å². The zero-order valence-corrected chi connectivity index (χ0v) is 20.1. The Morgan fingerprint density at radius 3 is 1.00 bits per heavy atom. The highest BCUT2D eigenvalue weighted by Crippen LogP contribution is 2.23. The van der Waals surface area contributed by atoms with Gasteiger partial charge in [0.05, 0.1) is 26.2 Å². The van der Waals surface area contributed by atoms with E-state index in [9.17, 15) is 0 Å². The molecule has 0 unspecified atom stereocenters. The van der Waals surface area contributed by atoms with E-state index >= 15 is 0 Å². The summed E-state index contributed by atoms with van der Waals surface area (Å²) in [5.74, 6) is 0. The van der Waals surface area contributed by atoms with Crippen LogP contribution in [0.25, 0.3) is 0 Å². The molecule has 0 spiro atoms. The molecule has 0 N–H and O–H groups in total. The fourth-order valence-corrected chi connectivity index (χ4v) is 5.26. The van der Waals surface area contributed by atoms with Gasteiger partial charge in [0.25, 0.3) is 0 Å². The summed E-state index contributed by atoms with van der Waals surface area (Å²) in [5.41, 5.74) is 0. The van der Waals surface area contributed by atoms with E-state index < -0.39 is 0 Å². The number of hydrogen-bond acceptors (Lipinski definition) is 0. The first-order chi connectivity index (χ1) is 13.8. The van der Waals surface area contributed by atoms with Gasteiger partial charge in [-0.15, -0.1) is 0 Å². The molecule has 1 nitrogen and oxygen atoms in total. The SMILES string of the molecule is CCCCCCCCCCCCCC[N+]1(CCCCCCCCC)CCCC1. The van der Waals surface area contributed by atoms with Crippen LogP contribution in [0.4, 0.5) is 0 Å². The van der Waals surface area contributed by atoms with E-state index in [1.165, 1.54) is 165 Å². The van der Waals surface area contributed by atoms with Gasteiger partial charge in [-0.05, 0) is 25.7 Å². The molecule has 0 bridgehead atoms. The van der Waals surface area contributed by atoms with Gasteiger partial charge in [-0.2, -0.15) is 0 Å². The van der Waals surface area contributed by atoms with Crippen LogP contribution in [-0.2, 0) is 0 Å². The van der Waals surface area contributed by atoms with E-state index in [1.54, 1.807) is 0 Å². The lowest BCUT2D eigenvalue weighted by molar-refractivity contribution is -0.917. The Balaban J connectivity index is 1.94. The molecule has 0 aliphatic carbocycles. The van der Waals surface area contributed by atoms with Crippen LogP contribution in [0.1, 0.15) is 149 Å². The van der Waals surface area contributed by atoms with Gasteiger partial charge in [0.1, 0.15) is 0 Å². The minimum absolute atomic E-state index is 1.37. The van der Waals surface area contributed by atoms with Crippen LogP contribution in [0.15, 0.2) is 0 Å². The van der Waals surface area contributed by atoms with Gasteiger partial charge in [0.2, 0.25) is 0 Å². The number of hydrogen-bond donors (Lipinski definition) is 0. The Kier molecular flexibility index (Phi) is 17.6. The van der Waals surface area contributed by atoms with Gasteiger partial charge in [0, 0.05) is 12.8 Å². The third-order valence-electron chi connectivity index (χ3n) is 7.24. The van der Waals surface area contributed by atoms with E-state index in [2.05, 4.69) is 13.8 Å². The Morgan fingerprint density at radius 1 is 0.393 bits per heavy atom. The van der Waals surface area contributed by atoms with Crippen molar-refractivity contribution in [2.24, 2.45) is 0 Å². The molecule has 28 heavy (non-hydrogen) atoms. The molecule has 0 aromatic rings. The normalized spacial score (nSPS) is 16.1. The highest BCUT2D eigenvalue weighted by Gasteiger charge is 2.30. The van der Waals surface area contributed by atoms with E-state index in [1.807, 2.05) is 0 Å². The van der Waals surface area contributed by atoms with E-state index in [-0.39, 0.29) is 0 Å². The molecule has 0 radical (unpaired) electrons. The van der Waals surface area contributed by atoms with Gasteiger partial charge < -0.3 is 4.48 Å². The predicted molar refractivity (Wildman–Crippen MR) is 128 cm³/mol. The number of unbranched alkanes of at least 4 members (excludes halogenated alkanes) is 17. The van der Waals surface area contributed by atoms with Gasteiger partial charge >= 0.3 is 0 Å². The number of likely N-dealkylation sites (tertiary alicyclic amines) is 1. The minimum atomic E-state index is 1.37. The third kappa shape index (κ3) is 14.0. The van der Waals surface area contributed by atoms with Crippen LogP contribution >= 0.6 is 0 Å². The third-order valence-corrected chi connectivity index (χ3v) is 7.24. The van der Waals surface area contributed by atoms with Crippen molar-refractivity contribution in [1.82, 2.24) is 0 Å². The van der Waals surface area contributed by atoms with Gasteiger partial charge in [-0.3, -0.25) is 0 Å². The Bertz CT molecular complexity index is 305. The largest absolute Gasteiger partial charge is 0.324 e. The maximum atomic E-state index is 2.32. The van der Waals surface area contributed by atoms with Crippen molar-refractivity contribution in [2.75, 3.05) is 26.2 Å². The summed E-state index contributed by atoms with van der Waals surface area (Å²) < 4.78 is 1.49. The lowest BCUT2D eigenvalue weighted by Crippen LogP contribution is -2.46. The van der Waals surface area contributed by atoms with Crippen molar-refractivity contribution in [3.05, 3.63) is 0 Å². The summed E-state index contributed by atoms with van der Waals surface area (Å²) >= 11 is 0. The number of nitrogens with zero attached hydrogens (tertiary/aromatic N) is 1. The van der Waals surface area contributed by atoms with E-state index in [4.69, 9.17) is 0 Å². The molecule has 1 heterocycles. The summed E-state index contributed by atoms with van der Waals surface area (Å²) in [6.07, 6.45) is 30.9. The first-order valence-electron chi connectivity index (χ1n) is 13.7. The van der Waals surface area contributed by atoms with Crippen molar-refractivity contribution >= 4 is 0 Å². The van der Waals surface area contributed by atoms with Gasteiger partial charge in [-0.1, -0.05) is 110 Å². The second-order valence-electron chi connectivity index (χ2n) is 9.95. The van der Waals surface area contributed by atoms with Gasteiger partial charge in [-0.25, -0.2) is 0 Å². The lowest BCUT2D eigenvalue weighted by Gasteiger charge is -2.34. The molecular weight excluding hydrogens is 338 g/mol. The molecular formula is C27H56N+. The van der Waals surface area contributed by atoms with Crippen LogP contribution in [0.5, 0.6) is 0 Å². The second kappa shape index (κ2) is 19.0. The second-order valence-corrected chi connectivity index (χ2v) is 9.95. The summed E-state index contributed by atoms with van der Waals surface area (Å²) in [4.78, 5) is 0. The average molecular weight is 395 g/mol. The van der Waals surface area contributed by atoms with Crippen LogP contribution in [0.3, 0.4) is 0 Å². The van der Waals surface area contributed by atoms with E-state index in [0.717, 1.165) is 0 Å². The molecule has 0 amide bonds. The zero-order chi connectivity index (χ0) is 20.2. The standard InChI is InChI=1S/C27H56N/c1-3-5-7-9-11-12-13-14-15-17-19-21-25-28(26-22-23-27-28)24-20-18-16-10-8-6-4-2/h3-27H2,1-2H3/q+1. The Morgan fingerprint density at radius 2 is 0.679 bits per heavy atom. The highest BCUT2D eigenvalue weighted by molar-refractivity contribution is 4.57. The summed E-state index contributed by atoms with van der Waals surface area (Å²) in [6.45, 7) is 10.6. The van der Waals surface area contributed by atoms with Crippen LogP contribution in [-0.4, -0.2) is 30.7 Å². The first kappa shape index (κ1) is 26.0. The highest BCUT2D eigenvalue weighted by atomic mass is 15.4. The lowest BCUT2D eigenvalue weighted by atomic mass is 10.0. The number of rotatable bonds is 21. The molecule has 1 rings (SSSR count). The van der Waals surface area contributed by atoms with Crippen LogP contribution < -0.4 is 0 Å². The zero-order valence-electron chi connectivity index (χ0n) is 20.1. The molecule has 0 aromatic heterocycles. The van der Waals surface area contributed by atoms with E-state index in [0.29, 0.717) is 0 Å². The van der Waals surface area contributed by atoms with Crippen LogP contribution in [0, 0.1) is 0 Å². The molecule has 1 saturated heterocycles. The summed E-state index contributed by atoms with van der Waals surface area (Å²) in [5, 5.41) is 0. The first-order valence-corrected chi connectivity index (χ1v) is 13.7. The van der Waals surface area contributed by atoms with Crippen molar-refractivity contribution in [1.29, 1.82) is 0 Å². The molecule has 0 aromatic carbocycles. The Hall–Kier alpha value is -0.0400. The topological polar surface area (TPSA) is 0 Å². The molecule has 1 fully saturated rings. The smallest absolute Gasteiger partial charge is 0.0788 e. The monoisotopic (exact) mass is 394 g/mol. The molecule has 1 heteroatoms. The fourth-order valence-electron chi connectivity index (χ4n) is 5.26. The van der Waals surface area contributed by atoms with Gasteiger partial charge in [0.15, 0.2) is 0 Å².